The number of rotatable bonds is 0. The van der Waals surface area contributed by atoms with Gasteiger partial charge in [0.05, 0.1) is 0 Å². The van der Waals surface area contributed by atoms with E-state index in [0.717, 1.165) is 0 Å². The van der Waals surface area contributed by atoms with E-state index in [-0.39, 0.29) is 0 Å². The maximum Gasteiger partial charge on any atom is 0.337 e. The highest BCUT2D eigenvalue weighted by Crippen LogP contribution is 2.35. The van der Waals surface area contributed by atoms with Crippen molar-refractivity contribution in [3.63, 3.8) is 0 Å². The maximum atomic E-state index is 12.9. The third kappa shape index (κ3) is 1.87. The van der Waals surface area contributed by atoms with Gasteiger partial charge in [0, 0.05) is 43.9 Å². The second kappa shape index (κ2) is 4.90. The van der Waals surface area contributed by atoms with Crippen molar-refractivity contribution in [2.24, 2.45) is 0 Å². The summed E-state index contributed by atoms with van der Waals surface area (Å²) in [5, 5.41) is 0. The fourth-order valence-corrected chi connectivity index (χ4v) is 2.28. The molecule has 0 spiro atoms. The van der Waals surface area contributed by atoms with E-state index < -0.39 is 95.0 Å². The molecule has 2 heterocycles. The molecule has 0 atom stereocenters. The summed E-state index contributed by atoms with van der Waals surface area (Å²) in [6, 6.07) is -4.09. The lowest BCUT2D eigenvalue weighted by atomic mass is 10.3. The Hall–Kier alpha value is -2.78. The number of carbonyl (C=O) groups excluding carboxylic acids is 6. The quantitative estimate of drug-likeness (QED) is 0.582. The standard InChI is InChI=1S/C12H14N4O6/c1-5(17)13-9-10(15(7(3)19)11(13)21)16(8(4)20)12(22)14(9)6(2)18/h9-10H,1-4H3/i1D3,2D3,3D3,4D3. The normalized spacial score (nSPS) is 34.4. The SMILES string of the molecule is [2H]C([2H])([2H])C(=O)N1C(=O)N(C(=O)C([2H])([2H])[2H])C2C1N(C(=O)C([2H])([2H])[2H])C(=O)N2C(=O)C([2H])([2H])[2H]. The number of imide groups is 4. The van der Waals surface area contributed by atoms with Crippen molar-refractivity contribution in [1.82, 2.24) is 19.6 Å². The van der Waals surface area contributed by atoms with Gasteiger partial charge >= 0.3 is 12.1 Å². The van der Waals surface area contributed by atoms with Gasteiger partial charge < -0.3 is 0 Å². The second-order valence-corrected chi connectivity index (χ2v) is 4.09. The van der Waals surface area contributed by atoms with Crippen LogP contribution >= 0.6 is 0 Å². The predicted molar refractivity (Wildman–Crippen MR) is 68.4 cm³/mol. The van der Waals surface area contributed by atoms with E-state index in [9.17, 15) is 28.8 Å². The van der Waals surface area contributed by atoms with Crippen LogP contribution in [0.15, 0.2) is 0 Å². The molecule has 2 rings (SSSR count). The van der Waals surface area contributed by atoms with E-state index >= 15 is 0 Å². The van der Waals surface area contributed by atoms with Gasteiger partial charge in [0.25, 0.3) is 0 Å². The highest BCUT2D eigenvalue weighted by molar-refractivity contribution is 6.10. The summed E-state index contributed by atoms with van der Waals surface area (Å²) in [5.41, 5.74) is 0. The zero-order valence-electron chi connectivity index (χ0n) is 22.4. The van der Waals surface area contributed by atoms with Crippen LogP contribution in [0, 0.1) is 0 Å². The molecular weight excluding hydrogens is 296 g/mol. The Morgan fingerprint density at radius 2 is 0.909 bits per heavy atom. The largest absolute Gasteiger partial charge is 0.337 e. The van der Waals surface area contributed by atoms with E-state index in [1.165, 1.54) is 0 Å². The fraction of sp³-hybridized carbons (Fsp3) is 0.500. The van der Waals surface area contributed by atoms with Gasteiger partial charge in [-0.15, -0.1) is 0 Å². The highest BCUT2D eigenvalue weighted by Gasteiger charge is 2.63. The number of fused-ring (bicyclic) bond motifs is 1. The molecule has 0 saturated carbocycles. The Balaban J connectivity index is 2.90. The number of hydrogen-bond donors (Lipinski definition) is 0. The topological polar surface area (TPSA) is 115 Å². The molecule has 0 unspecified atom stereocenters. The number of nitrogens with zero attached hydrogens (tertiary/aromatic N) is 4. The van der Waals surface area contributed by atoms with Gasteiger partial charge in [-0.2, -0.15) is 0 Å². The van der Waals surface area contributed by atoms with Crippen LogP contribution in [0.5, 0.6) is 0 Å². The molecule has 0 aromatic heterocycles. The van der Waals surface area contributed by atoms with E-state index in [1.807, 2.05) is 0 Å². The van der Waals surface area contributed by atoms with Crippen LogP contribution in [0.25, 0.3) is 0 Å². The van der Waals surface area contributed by atoms with E-state index in [2.05, 4.69) is 0 Å². The lowest BCUT2D eigenvalue weighted by Crippen LogP contribution is -2.50. The molecule has 0 bridgehead atoms. The summed E-state index contributed by atoms with van der Waals surface area (Å²) >= 11 is 0. The molecule has 0 aromatic rings. The first-order valence-electron chi connectivity index (χ1n) is 11.4. The van der Waals surface area contributed by atoms with Crippen LogP contribution in [-0.4, -0.2) is 67.6 Å². The van der Waals surface area contributed by atoms with Crippen molar-refractivity contribution in [3.8, 4) is 0 Å². The molecule has 10 nitrogen and oxygen atoms in total. The van der Waals surface area contributed by atoms with Crippen LogP contribution in [0.2, 0.25) is 0 Å². The smallest absolute Gasteiger partial charge is 0.275 e. The van der Waals surface area contributed by atoms with Crippen molar-refractivity contribution >= 4 is 35.7 Å². The molecule has 10 heteroatoms. The van der Waals surface area contributed by atoms with Crippen molar-refractivity contribution in [2.45, 2.75) is 39.7 Å². The zero-order chi connectivity index (χ0) is 26.9. The lowest BCUT2D eigenvalue weighted by Gasteiger charge is -2.24. The van der Waals surface area contributed by atoms with Crippen LogP contribution in [0.1, 0.15) is 43.9 Å². The molecule has 0 radical (unpaired) electrons. The average Bonchev–Trinajstić information content (AvgIpc) is 3.05. The molecule has 2 saturated heterocycles. The summed E-state index contributed by atoms with van der Waals surface area (Å²) < 4.78 is 86.7. The molecule has 2 aliphatic rings. The number of urea groups is 2. The third-order valence-electron chi connectivity index (χ3n) is 3.02. The molecule has 2 aliphatic heterocycles. The second-order valence-electron chi connectivity index (χ2n) is 4.09. The Morgan fingerprint density at radius 1 is 0.682 bits per heavy atom. The maximum absolute atomic E-state index is 12.9. The minimum absolute atomic E-state index is 0.449. The third-order valence-corrected chi connectivity index (χ3v) is 3.02. The fourth-order valence-electron chi connectivity index (χ4n) is 2.28. The minimum Gasteiger partial charge on any atom is -0.275 e. The molecule has 22 heavy (non-hydrogen) atoms. The number of amides is 8. The van der Waals surface area contributed by atoms with Gasteiger partial charge in [-0.05, 0) is 0 Å². The van der Waals surface area contributed by atoms with Crippen LogP contribution in [0.3, 0.4) is 0 Å². The molecule has 0 aromatic carbocycles. The first-order valence-corrected chi connectivity index (χ1v) is 5.38. The van der Waals surface area contributed by atoms with Gasteiger partial charge in [0.15, 0.2) is 12.3 Å². The van der Waals surface area contributed by atoms with E-state index in [1.54, 1.807) is 0 Å². The summed E-state index contributed by atoms with van der Waals surface area (Å²) in [5.74, 6) is -8.69. The average molecular weight is 322 g/mol. The number of carbonyl (C=O) groups is 6. The molecule has 0 aliphatic carbocycles. The molecular formula is C12H14N4O6. The van der Waals surface area contributed by atoms with Crippen LogP contribution < -0.4 is 0 Å². The van der Waals surface area contributed by atoms with Gasteiger partial charge in [-0.1, -0.05) is 0 Å². The molecule has 0 N–H and O–H groups in total. The van der Waals surface area contributed by atoms with Crippen LogP contribution in [-0.2, 0) is 19.2 Å². The predicted octanol–water partition coefficient (Wildman–Crippen LogP) is -0.700. The molecule has 118 valence electrons. The van der Waals surface area contributed by atoms with Gasteiger partial charge in [-0.25, -0.2) is 29.2 Å². The minimum atomic E-state index is -3.71. The summed E-state index contributed by atoms with van der Waals surface area (Å²) in [7, 11) is 0. The van der Waals surface area contributed by atoms with Crippen LogP contribution in [0.4, 0.5) is 9.59 Å². The Labute approximate surface area is 142 Å². The van der Waals surface area contributed by atoms with Gasteiger partial charge in [-0.3, -0.25) is 19.2 Å². The molecule has 2 fully saturated rings. The van der Waals surface area contributed by atoms with Crippen molar-refractivity contribution < 1.29 is 45.2 Å². The summed E-state index contributed by atoms with van der Waals surface area (Å²) in [4.78, 5) is 73.9. The van der Waals surface area contributed by atoms with Crippen molar-refractivity contribution in [2.75, 3.05) is 0 Å². The first-order chi connectivity index (χ1) is 15.0. The summed E-state index contributed by atoms with van der Waals surface area (Å²) in [6.45, 7) is -14.8. The zero-order valence-corrected chi connectivity index (χ0v) is 10.4. The van der Waals surface area contributed by atoms with E-state index in [4.69, 9.17) is 16.4 Å². The molecule has 8 amide bonds. The Kier molecular flexibility index (Phi) is 1.37. The van der Waals surface area contributed by atoms with E-state index in [0.29, 0.717) is 0 Å². The Morgan fingerprint density at radius 3 is 1.09 bits per heavy atom. The first kappa shape index (κ1) is 6.15. The number of hydrogen-bond acceptors (Lipinski definition) is 6. The van der Waals surface area contributed by atoms with Gasteiger partial charge in [0.2, 0.25) is 23.6 Å². The highest BCUT2D eigenvalue weighted by atomic mass is 16.2. The van der Waals surface area contributed by atoms with Gasteiger partial charge in [0.1, 0.15) is 0 Å². The monoisotopic (exact) mass is 322 g/mol. The summed E-state index contributed by atoms with van der Waals surface area (Å²) in [6.07, 6.45) is -5.36. The van der Waals surface area contributed by atoms with Crippen molar-refractivity contribution in [1.29, 1.82) is 0 Å². The Bertz CT molecular complexity index is 832. The van der Waals surface area contributed by atoms with Crippen molar-refractivity contribution in [3.05, 3.63) is 0 Å². The lowest BCUT2D eigenvalue weighted by molar-refractivity contribution is -0.137.